The van der Waals surface area contributed by atoms with Crippen LogP contribution < -0.4 is 10.1 Å². The highest BCUT2D eigenvalue weighted by atomic mass is 16.5. The normalized spacial score (nSPS) is 9.59. The van der Waals surface area contributed by atoms with Crippen LogP contribution in [0.3, 0.4) is 0 Å². The number of nitrogens with one attached hydrogen (secondary N) is 1. The summed E-state index contributed by atoms with van der Waals surface area (Å²) < 4.78 is 5.36. The van der Waals surface area contributed by atoms with Gasteiger partial charge in [-0.3, -0.25) is 9.59 Å². The van der Waals surface area contributed by atoms with E-state index in [-0.39, 0.29) is 18.4 Å². The van der Waals surface area contributed by atoms with Crippen molar-refractivity contribution in [1.82, 2.24) is 4.90 Å². The summed E-state index contributed by atoms with van der Waals surface area (Å²) in [5.74, 6) is 0.167. The number of anilines is 1. The first-order valence-corrected chi connectivity index (χ1v) is 5.20. The van der Waals surface area contributed by atoms with Crippen molar-refractivity contribution in [3.8, 4) is 5.75 Å². The van der Waals surface area contributed by atoms with Crippen molar-refractivity contribution >= 4 is 17.5 Å². The molecule has 0 aliphatic rings. The van der Waals surface area contributed by atoms with Gasteiger partial charge in [0.1, 0.15) is 5.75 Å². The second-order valence-corrected chi connectivity index (χ2v) is 3.75. The maximum Gasteiger partial charge on any atom is 0.259 e. The standard InChI is InChI=1S/C12H16N2O3/c1-9(15)13-10-6-4-5-7-11(10)17-8-12(16)14(2)3/h4-7H,8H2,1-3H3,(H,13,15). The zero-order valence-electron chi connectivity index (χ0n) is 10.2. The Bertz CT molecular complexity index is 416. The van der Waals surface area contributed by atoms with Gasteiger partial charge in [-0.15, -0.1) is 0 Å². The van der Waals surface area contributed by atoms with Crippen LogP contribution in [0.2, 0.25) is 0 Å². The van der Waals surface area contributed by atoms with Crippen molar-refractivity contribution in [2.75, 3.05) is 26.0 Å². The Morgan fingerprint density at radius 1 is 1.29 bits per heavy atom. The Morgan fingerprint density at radius 3 is 2.53 bits per heavy atom. The van der Waals surface area contributed by atoms with E-state index in [9.17, 15) is 9.59 Å². The Morgan fingerprint density at radius 2 is 1.94 bits per heavy atom. The largest absolute Gasteiger partial charge is 0.482 e. The van der Waals surface area contributed by atoms with E-state index in [4.69, 9.17) is 4.74 Å². The molecule has 0 saturated heterocycles. The predicted molar refractivity (Wildman–Crippen MR) is 64.9 cm³/mol. The molecule has 1 N–H and O–H groups in total. The molecule has 0 fully saturated rings. The average molecular weight is 236 g/mol. The van der Waals surface area contributed by atoms with Crippen LogP contribution in [0, 0.1) is 0 Å². The van der Waals surface area contributed by atoms with Gasteiger partial charge in [0.25, 0.3) is 5.91 Å². The Hall–Kier alpha value is -2.04. The fourth-order valence-electron chi connectivity index (χ4n) is 1.15. The Labute approximate surface area is 100 Å². The lowest BCUT2D eigenvalue weighted by atomic mass is 10.3. The number of hydrogen-bond acceptors (Lipinski definition) is 3. The molecule has 92 valence electrons. The van der Waals surface area contributed by atoms with E-state index in [1.54, 1.807) is 38.4 Å². The second-order valence-electron chi connectivity index (χ2n) is 3.75. The van der Waals surface area contributed by atoms with Gasteiger partial charge in [0.05, 0.1) is 5.69 Å². The van der Waals surface area contributed by atoms with E-state index in [0.717, 1.165) is 0 Å². The number of carbonyl (C=O) groups is 2. The maximum absolute atomic E-state index is 11.4. The average Bonchev–Trinajstić information content (AvgIpc) is 2.26. The molecule has 5 nitrogen and oxygen atoms in total. The molecule has 0 unspecified atom stereocenters. The number of likely N-dealkylation sites (N-methyl/N-ethyl adjacent to an activating group) is 1. The molecule has 5 heteroatoms. The maximum atomic E-state index is 11.4. The molecule has 1 aromatic rings. The number of rotatable bonds is 4. The summed E-state index contributed by atoms with van der Waals surface area (Å²) in [6.07, 6.45) is 0. The van der Waals surface area contributed by atoms with E-state index >= 15 is 0 Å². The molecule has 1 aromatic carbocycles. The first kappa shape index (κ1) is 13.0. The summed E-state index contributed by atoms with van der Waals surface area (Å²) in [4.78, 5) is 23.8. The van der Waals surface area contributed by atoms with Crippen LogP contribution in [0.25, 0.3) is 0 Å². The number of hydrogen-bond donors (Lipinski definition) is 1. The minimum atomic E-state index is -0.181. The van der Waals surface area contributed by atoms with Crippen LogP contribution in [-0.4, -0.2) is 37.4 Å². The molecule has 0 radical (unpaired) electrons. The van der Waals surface area contributed by atoms with Crippen LogP contribution in [-0.2, 0) is 9.59 Å². The van der Waals surface area contributed by atoms with Crippen molar-refractivity contribution in [2.24, 2.45) is 0 Å². The summed E-state index contributed by atoms with van der Waals surface area (Å²) in [6.45, 7) is 1.37. The Balaban J connectivity index is 2.70. The summed E-state index contributed by atoms with van der Waals surface area (Å²) in [5, 5.41) is 2.64. The SMILES string of the molecule is CC(=O)Nc1ccccc1OCC(=O)N(C)C. The zero-order chi connectivity index (χ0) is 12.8. The van der Waals surface area contributed by atoms with Gasteiger partial charge in [-0.05, 0) is 12.1 Å². The summed E-state index contributed by atoms with van der Waals surface area (Å²) >= 11 is 0. The highest BCUT2D eigenvalue weighted by molar-refractivity contribution is 5.90. The van der Waals surface area contributed by atoms with Gasteiger partial charge >= 0.3 is 0 Å². The smallest absolute Gasteiger partial charge is 0.259 e. The van der Waals surface area contributed by atoms with Crippen molar-refractivity contribution < 1.29 is 14.3 Å². The van der Waals surface area contributed by atoms with Gasteiger partial charge in [-0.1, -0.05) is 12.1 Å². The van der Waals surface area contributed by atoms with Crippen LogP contribution >= 0.6 is 0 Å². The molecule has 0 saturated carbocycles. The third kappa shape index (κ3) is 4.14. The van der Waals surface area contributed by atoms with E-state index < -0.39 is 0 Å². The van der Waals surface area contributed by atoms with E-state index in [1.807, 2.05) is 0 Å². The zero-order valence-corrected chi connectivity index (χ0v) is 10.2. The van der Waals surface area contributed by atoms with Gasteiger partial charge in [-0.25, -0.2) is 0 Å². The molecule has 1 rings (SSSR count). The van der Waals surface area contributed by atoms with Crippen molar-refractivity contribution in [3.05, 3.63) is 24.3 Å². The number of ether oxygens (including phenoxy) is 1. The van der Waals surface area contributed by atoms with E-state index in [0.29, 0.717) is 11.4 Å². The first-order chi connectivity index (χ1) is 8.00. The van der Waals surface area contributed by atoms with Crippen molar-refractivity contribution in [3.63, 3.8) is 0 Å². The molecule has 17 heavy (non-hydrogen) atoms. The fraction of sp³-hybridized carbons (Fsp3) is 0.333. The van der Waals surface area contributed by atoms with Crippen molar-refractivity contribution in [2.45, 2.75) is 6.92 Å². The number of amides is 2. The van der Waals surface area contributed by atoms with Gasteiger partial charge in [0.2, 0.25) is 5.91 Å². The van der Waals surface area contributed by atoms with E-state index in [1.165, 1.54) is 11.8 Å². The lowest BCUT2D eigenvalue weighted by Crippen LogP contribution is -2.27. The molecule has 0 heterocycles. The topological polar surface area (TPSA) is 58.6 Å². The monoisotopic (exact) mass is 236 g/mol. The minimum Gasteiger partial charge on any atom is -0.482 e. The van der Waals surface area contributed by atoms with Crippen LogP contribution in [0.4, 0.5) is 5.69 Å². The lowest BCUT2D eigenvalue weighted by molar-refractivity contribution is -0.130. The van der Waals surface area contributed by atoms with Gasteiger partial charge in [0.15, 0.2) is 6.61 Å². The molecule has 2 amide bonds. The molecule has 0 atom stereocenters. The second kappa shape index (κ2) is 5.89. The number of benzene rings is 1. The first-order valence-electron chi connectivity index (χ1n) is 5.20. The number of nitrogens with zero attached hydrogens (tertiary/aromatic N) is 1. The fourth-order valence-corrected chi connectivity index (χ4v) is 1.15. The predicted octanol–water partition coefficient (Wildman–Crippen LogP) is 1.11. The van der Waals surface area contributed by atoms with Crippen LogP contribution in [0.5, 0.6) is 5.75 Å². The van der Waals surface area contributed by atoms with Gasteiger partial charge < -0.3 is 15.0 Å². The van der Waals surface area contributed by atoms with Crippen molar-refractivity contribution in [1.29, 1.82) is 0 Å². The third-order valence-corrected chi connectivity index (χ3v) is 2.05. The molecule has 0 aliphatic carbocycles. The number of carbonyl (C=O) groups excluding carboxylic acids is 2. The molecule has 0 bridgehead atoms. The highest BCUT2D eigenvalue weighted by Crippen LogP contribution is 2.23. The number of para-hydroxylation sites is 2. The molecular weight excluding hydrogens is 220 g/mol. The van der Waals surface area contributed by atoms with Crippen LogP contribution in [0.15, 0.2) is 24.3 Å². The lowest BCUT2D eigenvalue weighted by Gasteiger charge is -2.13. The quantitative estimate of drug-likeness (QED) is 0.852. The molecule has 0 aromatic heterocycles. The van der Waals surface area contributed by atoms with E-state index in [2.05, 4.69) is 5.32 Å². The van der Waals surface area contributed by atoms with Crippen LogP contribution in [0.1, 0.15) is 6.92 Å². The summed E-state index contributed by atoms with van der Waals surface area (Å²) in [6, 6.07) is 6.98. The highest BCUT2D eigenvalue weighted by Gasteiger charge is 2.08. The van der Waals surface area contributed by atoms with Gasteiger partial charge in [0, 0.05) is 21.0 Å². The third-order valence-electron chi connectivity index (χ3n) is 2.05. The molecular formula is C12H16N2O3. The summed E-state index contributed by atoms with van der Waals surface area (Å²) in [7, 11) is 3.32. The van der Waals surface area contributed by atoms with Gasteiger partial charge in [-0.2, -0.15) is 0 Å². The molecule has 0 aliphatic heterocycles. The Kier molecular flexibility index (Phi) is 4.51. The minimum absolute atomic E-state index is 0.0520. The molecule has 0 spiro atoms. The summed E-state index contributed by atoms with van der Waals surface area (Å²) in [5.41, 5.74) is 0.562.